The van der Waals surface area contributed by atoms with Crippen LogP contribution < -0.4 is 15.2 Å². The number of pyridine rings is 1. The number of nitrogens with zero attached hydrogens (tertiary/aromatic N) is 3. The van der Waals surface area contributed by atoms with Crippen LogP contribution >= 0.6 is 0 Å². The number of benzene rings is 1. The summed E-state index contributed by atoms with van der Waals surface area (Å²) in [4.78, 5) is 36.3. The summed E-state index contributed by atoms with van der Waals surface area (Å²) in [5, 5.41) is 3.90. The largest absolute Gasteiger partial charge is 0.454 e. The van der Waals surface area contributed by atoms with Gasteiger partial charge in [0.25, 0.3) is 5.91 Å². The van der Waals surface area contributed by atoms with Gasteiger partial charge in [0.1, 0.15) is 0 Å². The lowest BCUT2D eigenvalue weighted by molar-refractivity contribution is 0.0441. The van der Waals surface area contributed by atoms with Crippen molar-refractivity contribution in [1.82, 2.24) is 14.2 Å². The molecule has 1 aromatic carbocycles. The fourth-order valence-corrected chi connectivity index (χ4v) is 2.38. The molecule has 2 aromatic heterocycles. The van der Waals surface area contributed by atoms with Crippen molar-refractivity contribution in [1.29, 1.82) is 0 Å². The topological polar surface area (TPSA) is 101 Å². The molecule has 0 fully saturated rings. The van der Waals surface area contributed by atoms with Crippen LogP contribution in [0.25, 0.3) is 5.65 Å². The van der Waals surface area contributed by atoms with Crippen molar-refractivity contribution < 1.29 is 23.8 Å². The van der Waals surface area contributed by atoms with Crippen LogP contribution in [-0.2, 0) is 4.74 Å². The van der Waals surface area contributed by atoms with Crippen molar-refractivity contribution in [3.05, 3.63) is 58.6 Å². The number of carbonyl (C=O) groups is 2. The van der Waals surface area contributed by atoms with Gasteiger partial charge in [-0.1, -0.05) is 6.07 Å². The third kappa shape index (κ3) is 2.61. The van der Waals surface area contributed by atoms with Gasteiger partial charge in [0.05, 0.1) is 5.56 Å². The second kappa shape index (κ2) is 5.78. The zero-order chi connectivity index (χ0) is 17.4. The average molecular weight is 341 g/mol. The number of ether oxygens (including phenoxy) is 3. The molecule has 0 saturated carbocycles. The first kappa shape index (κ1) is 14.9. The molecule has 25 heavy (non-hydrogen) atoms. The van der Waals surface area contributed by atoms with E-state index in [0.717, 1.165) is 0 Å². The second-order valence-corrected chi connectivity index (χ2v) is 5.16. The van der Waals surface area contributed by atoms with Crippen LogP contribution in [0.2, 0.25) is 0 Å². The number of esters is 1. The van der Waals surface area contributed by atoms with Gasteiger partial charge in [0.15, 0.2) is 23.8 Å². The minimum atomic E-state index is -0.747. The van der Waals surface area contributed by atoms with E-state index < -0.39 is 24.2 Å². The zero-order valence-electron chi connectivity index (χ0n) is 12.7. The third-order valence-corrected chi connectivity index (χ3v) is 3.60. The van der Waals surface area contributed by atoms with Gasteiger partial charge in [-0.2, -0.15) is 0 Å². The van der Waals surface area contributed by atoms with Gasteiger partial charge in [0, 0.05) is 6.20 Å². The maximum Gasteiger partial charge on any atom is 0.357 e. The number of hydrogen-bond donors (Lipinski definition) is 0. The molecule has 1 aliphatic heterocycles. The predicted molar refractivity (Wildman–Crippen MR) is 82.9 cm³/mol. The molecule has 4 rings (SSSR count). The van der Waals surface area contributed by atoms with E-state index in [1.165, 1.54) is 22.7 Å². The van der Waals surface area contributed by atoms with Gasteiger partial charge in [0.2, 0.25) is 6.79 Å². The van der Waals surface area contributed by atoms with E-state index in [1.54, 1.807) is 24.3 Å². The predicted octanol–water partition coefficient (Wildman–Crippen LogP) is 0.722. The fraction of sp³-hybridized carbons (Fsp3) is 0.125. The Morgan fingerprint density at radius 2 is 2.00 bits per heavy atom. The van der Waals surface area contributed by atoms with Crippen LogP contribution in [0.1, 0.15) is 15.2 Å². The highest BCUT2D eigenvalue weighted by atomic mass is 16.7. The van der Waals surface area contributed by atoms with Crippen LogP contribution in [0, 0.1) is 0 Å². The Balaban J connectivity index is 1.48. The summed E-state index contributed by atoms with van der Waals surface area (Å²) < 4.78 is 17.2. The van der Waals surface area contributed by atoms with Crippen LogP contribution in [0.5, 0.6) is 11.5 Å². The molecule has 9 nitrogen and oxygen atoms in total. The van der Waals surface area contributed by atoms with Crippen molar-refractivity contribution in [2.45, 2.75) is 0 Å². The van der Waals surface area contributed by atoms with Crippen molar-refractivity contribution in [2.24, 2.45) is 0 Å². The Labute approximate surface area is 140 Å². The second-order valence-electron chi connectivity index (χ2n) is 5.16. The molecule has 126 valence electrons. The number of carbonyl (C=O) groups excluding carboxylic acids is 2. The number of hydrogen-bond acceptors (Lipinski definition) is 7. The highest BCUT2D eigenvalue weighted by Crippen LogP contribution is 2.32. The minimum absolute atomic E-state index is 0.0864. The normalized spacial score (nSPS) is 12.3. The van der Waals surface area contributed by atoms with Gasteiger partial charge in [-0.15, -0.1) is 9.78 Å². The van der Waals surface area contributed by atoms with E-state index in [9.17, 15) is 14.4 Å². The van der Waals surface area contributed by atoms with E-state index in [4.69, 9.17) is 14.2 Å². The highest BCUT2D eigenvalue weighted by Gasteiger charge is 2.19. The summed E-state index contributed by atoms with van der Waals surface area (Å²) in [5.41, 5.74) is -0.0953. The van der Waals surface area contributed by atoms with Crippen molar-refractivity contribution in [2.75, 3.05) is 13.4 Å². The summed E-state index contributed by atoms with van der Waals surface area (Å²) in [6.07, 6.45) is 1.49. The minimum Gasteiger partial charge on any atom is -0.454 e. The first-order valence-corrected chi connectivity index (χ1v) is 7.30. The Morgan fingerprint density at radius 3 is 2.84 bits per heavy atom. The summed E-state index contributed by atoms with van der Waals surface area (Å²) in [7, 11) is 0. The van der Waals surface area contributed by atoms with Crippen LogP contribution in [0.3, 0.4) is 0 Å². The van der Waals surface area contributed by atoms with Crippen molar-refractivity contribution in [3.8, 4) is 11.5 Å². The average Bonchev–Trinajstić information content (AvgIpc) is 3.23. The molecular formula is C16H11N3O6. The van der Waals surface area contributed by atoms with Gasteiger partial charge in [-0.05, 0) is 30.3 Å². The molecule has 0 atom stereocenters. The first-order chi connectivity index (χ1) is 12.1. The van der Waals surface area contributed by atoms with Crippen molar-refractivity contribution >= 4 is 17.5 Å². The van der Waals surface area contributed by atoms with E-state index in [-0.39, 0.29) is 12.4 Å². The first-order valence-electron chi connectivity index (χ1n) is 7.30. The Morgan fingerprint density at radius 1 is 1.16 bits per heavy atom. The van der Waals surface area contributed by atoms with E-state index in [0.29, 0.717) is 21.8 Å². The van der Waals surface area contributed by atoms with E-state index in [1.807, 2.05) is 0 Å². The highest BCUT2D eigenvalue weighted by molar-refractivity contribution is 5.92. The Hall–Kier alpha value is -3.62. The molecule has 0 saturated heterocycles. The maximum atomic E-state index is 12.1. The van der Waals surface area contributed by atoms with Gasteiger partial charge >= 0.3 is 11.7 Å². The molecule has 9 heteroatoms. The van der Waals surface area contributed by atoms with Crippen molar-refractivity contribution in [3.63, 3.8) is 0 Å². The lowest BCUT2D eigenvalue weighted by Crippen LogP contribution is -2.31. The maximum absolute atomic E-state index is 12.1. The molecule has 0 unspecified atom stereocenters. The van der Waals surface area contributed by atoms with Crippen LogP contribution in [-0.4, -0.2) is 39.5 Å². The van der Waals surface area contributed by atoms with Gasteiger partial charge in [-0.25, -0.2) is 14.0 Å². The number of rotatable bonds is 3. The summed E-state index contributed by atoms with van der Waals surface area (Å²) in [6, 6.07) is 9.46. The zero-order valence-corrected chi connectivity index (χ0v) is 12.7. The van der Waals surface area contributed by atoms with Gasteiger partial charge in [-0.3, -0.25) is 4.79 Å². The monoisotopic (exact) mass is 341 g/mol. The van der Waals surface area contributed by atoms with Gasteiger partial charge < -0.3 is 14.2 Å². The molecule has 3 heterocycles. The Kier molecular flexibility index (Phi) is 3.46. The fourth-order valence-electron chi connectivity index (χ4n) is 2.38. The quantitative estimate of drug-likeness (QED) is 0.647. The van der Waals surface area contributed by atoms with Crippen LogP contribution in [0.15, 0.2) is 47.4 Å². The smallest absolute Gasteiger partial charge is 0.357 e. The summed E-state index contributed by atoms with van der Waals surface area (Å²) in [6.45, 7) is -0.528. The molecule has 0 N–H and O–H groups in total. The third-order valence-electron chi connectivity index (χ3n) is 3.60. The SMILES string of the molecule is O=C(OCC(=O)n1nc2ccccn2c1=O)c1ccc2c(c1)OCO2. The molecule has 0 spiro atoms. The lowest BCUT2D eigenvalue weighted by atomic mass is 10.2. The molecule has 0 radical (unpaired) electrons. The van der Waals surface area contributed by atoms with E-state index in [2.05, 4.69) is 5.10 Å². The summed E-state index contributed by atoms with van der Waals surface area (Å²) in [5.74, 6) is -0.507. The standard InChI is InChI=1S/C16H11N3O6/c20-14(19-16(22)18-6-2-1-3-13(18)17-19)8-23-15(21)10-4-5-11-12(7-10)25-9-24-11/h1-7H,8-9H2. The Bertz CT molecular complexity index is 1050. The lowest BCUT2D eigenvalue weighted by Gasteiger charge is -2.04. The summed E-state index contributed by atoms with van der Waals surface area (Å²) >= 11 is 0. The molecule has 3 aromatic rings. The molecule has 0 bridgehead atoms. The van der Waals surface area contributed by atoms with Crippen LogP contribution in [0.4, 0.5) is 0 Å². The molecule has 1 aliphatic rings. The molecular weight excluding hydrogens is 330 g/mol. The number of aromatic nitrogens is 3. The van der Waals surface area contributed by atoms with E-state index >= 15 is 0 Å². The molecule has 0 aliphatic carbocycles. The molecule has 0 amide bonds. The number of fused-ring (bicyclic) bond motifs is 2.